The number of hydrogen-bond acceptors (Lipinski definition) is 4. The number of nitrogens with two attached hydrogens (primary N) is 1. The topological polar surface area (TPSA) is 120 Å². The lowest BCUT2D eigenvalue weighted by Crippen LogP contribution is -2.56. The van der Waals surface area contributed by atoms with Crippen molar-refractivity contribution in [2.45, 2.75) is 44.9 Å². The van der Waals surface area contributed by atoms with Crippen LogP contribution < -0.4 is 16.4 Å². The molecule has 194 valence electrons. The molecule has 1 aliphatic heterocycles. The Labute approximate surface area is 221 Å². The Balaban J connectivity index is 1.34. The van der Waals surface area contributed by atoms with Gasteiger partial charge in [-0.15, -0.1) is 0 Å². The van der Waals surface area contributed by atoms with E-state index in [2.05, 4.69) is 15.6 Å². The molecule has 5 N–H and O–H groups in total. The van der Waals surface area contributed by atoms with Crippen LogP contribution in [0.15, 0.2) is 79.0 Å². The SMILES string of the molecule is CC(C)(N)C(=O)N[C@H](Cc1c[nH]c2ccccc12)C(=O)N1Cc2ccc(NC(=O)c3ccccc3)cc2C1. The van der Waals surface area contributed by atoms with Crippen LogP contribution in [0.2, 0.25) is 0 Å². The van der Waals surface area contributed by atoms with Gasteiger partial charge in [0.2, 0.25) is 11.8 Å². The summed E-state index contributed by atoms with van der Waals surface area (Å²) in [5.74, 6) is -0.764. The first-order valence-electron chi connectivity index (χ1n) is 12.6. The third kappa shape index (κ3) is 5.31. The lowest BCUT2D eigenvalue weighted by Gasteiger charge is -2.27. The molecule has 2 heterocycles. The highest BCUT2D eigenvalue weighted by Gasteiger charge is 2.33. The Hall–Kier alpha value is -4.43. The van der Waals surface area contributed by atoms with Gasteiger partial charge in [0.05, 0.1) is 5.54 Å². The summed E-state index contributed by atoms with van der Waals surface area (Å²) >= 11 is 0. The molecule has 0 saturated heterocycles. The van der Waals surface area contributed by atoms with Crippen molar-refractivity contribution < 1.29 is 14.4 Å². The van der Waals surface area contributed by atoms with Gasteiger partial charge in [-0.2, -0.15) is 0 Å². The quantitative estimate of drug-likeness (QED) is 0.303. The van der Waals surface area contributed by atoms with E-state index in [1.165, 1.54) is 0 Å². The van der Waals surface area contributed by atoms with Gasteiger partial charge in [-0.25, -0.2) is 0 Å². The van der Waals surface area contributed by atoms with Gasteiger partial charge >= 0.3 is 0 Å². The van der Waals surface area contributed by atoms with Crippen LogP contribution in [0.1, 0.15) is 40.9 Å². The van der Waals surface area contributed by atoms with E-state index in [1.54, 1.807) is 30.9 Å². The summed E-state index contributed by atoms with van der Waals surface area (Å²) in [5.41, 5.74) is 10.0. The first-order valence-corrected chi connectivity index (χ1v) is 12.6. The molecular formula is C30H31N5O3. The van der Waals surface area contributed by atoms with E-state index in [1.807, 2.05) is 66.9 Å². The van der Waals surface area contributed by atoms with Crippen LogP contribution in [0.4, 0.5) is 5.69 Å². The van der Waals surface area contributed by atoms with Crippen molar-refractivity contribution in [3.05, 3.63) is 101 Å². The second-order valence-electron chi connectivity index (χ2n) is 10.3. The van der Waals surface area contributed by atoms with Gasteiger partial charge in [0.25, 0.3) is 5.91 Å². The molecule has 4 aromatic rings. The van der Waals surface area contributed by atoms with Crippen molar-refractivity contribution in [2.24, 2.45) is 5.73 Å². The Morgan fingerprint density at radius 1 is 0.974 bits per heavy atom. The number of rotatable bonds is 7. The normalized spacial score (nSPS) is 13.7. The maximum atomic E-state index is 13.8. The minimum absolute atomic E-state index is 0.182. The van der Waals surface area contributed by atoms with Gasteiger partial charge in [-0.3, -0.25) is 14.4 Å². The van der Waals surface area contributed by atoms with Gasteiger partial charge in [0.1, 0.15) is 6.04 Å². The zero-order valence-electron chi connectivity index (χ0n) is 21.5. The zero-order chi connectivity index (χ0) is 26.9. The van der Waals surface area contributed by atoms with Crippen LogP contribution in [0.3, 0.4) is 0 Å². The number of hydrogen-bond donors (Lipinski definition) is 4. The fourth-order valence-corrected chi connectivity index (χ4v) is 4.71. The summed E-state index contributed by atoms with van der Waals surface area (Å²) in [6, 6.07) is 21.8. The molecule has 8 nitrogen and oxygen atoms in total. The fourth-order valence-electron chi connectivity index (χ4n) is 4.71. The van der Waals surface area contributed by atoms with E-state index in [4.69, 9.17) is 5.73 Å². The molecule has 0 unspecified atom stereocenters. The average molecular weight is 510 g/mol. The van der Waals surface area contributed by atoms with Crippen LogP contribution in [-0.2, 0) is 29.1 Å². The van der Waals surface area contributed by atoms with E-state index in [0.29, 0.717) is 30.8 Å². The molecule has 0 aliphatic carbocycles. The van der Waals surface area contributed by atoms with Crippen molar-refractivity contribution in [1.29, 1.82) is 0 Å². The van der Waals surface area contributed by atoms with Crippen molar-refractivity contribution in [3.8, 4) is 0 Å². The molecule has 0 fully saturated rings. The summed E-state index contributed by atoms with van der Waals surface area (Å²) in [5, 5.41) is 6.83. The van der Waals surface area contributed by atoms with Gasteiger partial charge in [-0.05, 0) is 60.9 Å². The number of H-pyrrole nitrogens is 1. The molecule has 0 saturated carbocycles. The van der Waals surface area contributed by atoms with Crippen molar-refractivity contribution in [1.82, 2.24) is 15.2 Å². The molecule has 3 aromatic carbocycles. The summed E-state index contributed by atoms with van der Waals surface area (Å²) in [7, 11) is 0. The van der Waals surface area contributed by atoms with Crippen LogP contribution in [0.5, 0.6) is 0 Å². The number of fused-ring (bicyclic) bond motifs is 2. The minimum atomic E-state index is -1.13. The van der Waals surface area contributed by atoms with E-state index >= 15 is 0 Å². The predicted molar refractivity (Wildman–Crippen MR) is 147 cm³/mol. The monoisotopic (exact) mass is 509 g/mol. The smallest absolute Gasteiger partial charge is 0.255 e. The molecule has 5 rings (SSSR count). The van der Waals surface area contributed by atoms with Gasteiger partial charge < -0.3 is 26.3 Å². The molecule has 8 heteroatoms. The third-order valence-electron chi connectivity index (χ3n) is 6.82. The molecule has 1 atom stereocenters. The fraction of sp³-hybridized carbons (Fsp3) is 0.233. The molecule has 0 bridgehead atoms. The third-order valence-corrected chi connectivity index (χ3v) is 6.82. The molecule has 1 aliphatic rings. The van der Waals surface area contributed by atoms with Crippen LogP contribution in [-0.4, -0.2) is 39.2 Å². The number of benzene rings is 3. The van der Waals surface area contributed by atoms with Crippen molar-refractivity contribution >= 4 is 34.3 Å². The number of carbonyl (C=O) groups is 3. The first kappa shape index (κ1) is 25.2. The van der Waals surface area contributed by atoms with E-state index in [9.17, 15) is 14.4 Å². The Bertz CT molecular complexity index is 1500. The first-order chi connectivity index (χ1) is 18.2. The van der Waals surface area contributed by atoms with Crippen molar-refractivity contribution in [2.75, 3.05) is 5.32 Å². The van der Waals surface area contributed by atoms with Crippen molar-refractivity contribution in [3.63, 3.8) is 0 Å². The number of anilines is 1. The number of nitrogens with one attached hydrogen (secondary N) is 3. The van der Waals surface area contributed by atoms with Gasteiger partial charge in [-0.1, -0.05) is 42.5 Å². The predicted octanol–water partition coefficient (Wildman–Crippen LogP) is 3.73. The highest BCUT2D eigenvalue weighted by molar-refractivity contribution is 6.04. The van der Waals surface area contributed by atoms with E-state index < -0.39 is 17.5 Å². The number of nitrogens with zero attached hydrogens (tertiary/aromatic N) is 1. The maximum absolute atomic E-state index is 13.8. The Kier molecular flexibility index (Phi) is 6.73. The molecule has 1 aromatic heterocycles. The standard InChI is InChI=1S/C30H31N5O3/c1-30(2,31)29(38)34-26(15-21-16-32-25-11-7-6-10-24(21)25)28(37)35-17-20-12-13-23(14-22(20)18-35)33-27(36)19-8-4-3-5-9-19/h3-14,16,26,32H,15,17-18,31H2,1-2H3,(H,33,36)(H,34,38)/t26-/m1/s1. The molecule has 38 heavy (non-hydrogen) atoms. The van der Waals surface area contributed by atoms with Crippen LogP contribution >= 0.6 is 0 Å². The lowest BCUT2D eigenvalue weighted by atomic mass is 10.0. The highest BCUT2D eigenvalue weighted by atomic mass is 16.2. The summed E-state index contributed by atoms with van der Waals surface area (Å²) < 4.78 is 0. The number of aromatic amines is 1. The Morgan fingerprint density at radius 3 is 2.45 bits per heavy atom. The van der Waals surface area contributed by atoms with Crippen LogP contribution in [0.25, 0.3) is 10.9 Å². The molecule has 3 amide bonds. The average Bonchev–Trinajstić information content (AvgIpc) is 3.52. The lowest BCUT2D eigenvalue weighted by molar-refractivity contribution is -0.138. The number of amides is 3. The van der Waals surface area contributed by atoms with Gasteiger partial charge in [0, 0.05) is 47.9 Å². The summed E-state index contributed by atoms with van der Waals surface area (Å²) in [6.07, 6.45) is 2.21. The molecule has 0 spiro atoms. The zero-order valence-corrected chi connectivity index (χ0v) is 21.5. The van der Waals surface area contributed by atoms with Gasteiger partial charge in [0.15, 0.2) is 0 Å². The molecular weight excluding hydrogens is 478 g/mol. The largest absolute Gasteiger partial charge is 0.361 e. The second kappa shape index (κ2) is 10.1. The van der Waals surface area contributed by atoms with Crippen LogP contribution in [0, 0.1) is 0 Å². The number of para-hydroxylation sites is 1. The summed E-state index contributed by atoms with van der Waals surface area (Å²) in [4.78, 5) is 44.1. The molecule has 0 radical (unpaired) electrons. The second-order valence-corrected chi connectivity index (χ2v) is 10.3. The highest BCUT2D eigenvalue weighted by Crippen LogP contribution is 2.28. The Morgan fingerprint density at radius 2 is 1.68 bits per heavy atom. The van der Waals surface area contributed by atoms with E-state index in [-0.39, 0.29) is 11.8 Å². The van der Waals surface area contributed by atoms with E-state index in [0.717, 1.165) is 27.6 Å². The summed E-state index contributed by atoms with van der Waals surface area (Å²) in [6.45, 7) is 4.04. The maximum Gasteiger partial charge on any atom is 0.255 e. The number of aromatic nitrogens is 1. The minimum Gasteiger partial charge on any atom is -0.361 e. The number of carbonyl (C=O) groups excluding carboxylic acids is 3.